The molecule has 0 saturated carbocycles. The molecule has 2 N–H and O–H groups in total. The molecule has 88 valence electrons. The zero-order valence-electron chi connectivity index (χ0n) is 8.74. The van der Waals surface area contributed by atoms with Crippen molar-refractivity contribution in [3.8, 4) is 11.4 Å². The lowest BCUT2D eigenvalue weighted by Gasteiger charge is -2.05. The normalized spacial score (nSPS) is 9.06. The predicted molar refractivity (Wildman–Crippen MR) is 71.2 cm³/mol. The van der Waals surface area contributed by atoms with Crippen molar-refractivity contribution < 1.29 is 0 Å². The molecule has 1 aromatic heterocycles. The van der Waals surface area contributed by atoms with E-state index in [4.69, 9.17) is 5.73 Å². The number of hydrogen-bond donors (Lipinski definition) is 1. The van der Waals surface area contributed by atoms with E-state index in [0.29, 0.717) is 6.54 Å². The van der Waals surface area contributed by atoms with Crippen molar-refractivity contribution in [3.05, 3.63) is 42.7 Å². The first-order valence-corrected chi connectivity index (χ1v) is 4.68. The van der Waals surface area contributed by atoms with Crippen molar-refractivity contribution in [2.75, 3.05) is 6.54 Å². The number of imidazole rings is 1. The van der Waals surface area contributed by atoms with Gasteiger partial charge < -0.3 is 10.3 Å². The van der Waals surface area contributed by atoms with Gasteiger partial charge in [-0.25, -0.2) is 4.98 Å². The van der Waals surface area contributed by atoms with Crippen LogP contribution in [-0.4, -0.2) is 16.1 Å². The number of hydrogen-bond acceptors (Lipinski definition) is 2. The second-order valence-corrected chi connectivity index (χ2v) is 3.10. The summed E-state index contributed by atoms with van der Waals surface area (Å²) in [4.78, 5) is 4.31. The number of benzene rings is 1. The third-order valence-corrected chi connectivity index (χ3v) is 2.12. The number of rotatable bonds is 3. The average Bonchev–Trinajstić information content (AvgIpc) is 2.68. The Balaban J connectivity index is 0.00000112. The Labute approximate surface area is 108 Å². The fraction of sp³-hybridized carbons (Fsp3) is 0.182. The van der Waals surface area contributed by atoms with E-state index in [0.717, 1.165) is 17.9 Å². The fourth-order valence-electron chi connectivity index (χ4n) is 1.48. The van der Waals surface area contributed by atoms with E-state index in [2.05, 4.69) is 21.7 Å². The minimum atomic E-state index is 0. The van der Waals surface area contributed by atoms with Gasteiger partial charge in [0, 0.05) is 31.0 Å². The van der Waals surface area contributed by atoms with Gasteiger partial charge in [-0.1, -0.05) is 30.3 Å². The van der Waals surface area contributed by atoms with E-state index in [1.807, 2.05) is 24.4 Å². The Hall–Kier alpha value is -1.03. The quantitative estimate of drug-likeness (QED) is 0.920. The Morgan fingerprint density at radius 1 is 1.12 bits per heavy atom. The Bertz CT molecular complexity index is 401. The first-order valence-electron chi connectivity index (χ1n) is 4.68. The summed E-state index contributed by atoms with van der Waals surface area (Å²) in [6.07, 6.45) is 3.76. The van der Waals surface area contributed by atoms with Gasteiger partial charge in [0.25, 0.3) is 0 Å². The zero-order valence-corrected chi connectivity index (χ0v) is 10.4. The van der Waals surface area contributed by atoms with Gasteiger partial charge in [0.05, 0.1) is 0 Å². The highest BCUT2D eigenvalue weighted by Gasteiger charge is 2.03. The lowest BCUT2D eigenvalue weighted by molar-refractivity contribution is 0.715. The van der Waals surface area contributed by atoms with Crippen LogP contribution < -0.4 is 5.73 Å². The predicted octanol–water partition coefficient (Wildman–Crippen LogP) is 2.35. The highest BCUT2D eigenvalue weighted by Crippen LogP contribution is 2.15. The number of aromatic nitrogens is 2. The van der Waals surface area contributed by atoms with Crippen molar-refractivity contribution in [2.45, 2.75) is 6.54 Å². The van der Waals surface area contributed by atoms with E-state index >= 15 is 0 Å². The topological polar surface area (TPSA) is 43.8 Å². The van der Waals surface area contributed by atoms with Crippen LogP contribution in [0.3, 0.4) is 0 Å². The molecule has 0 amide bonds. The van der Waals surface area contributed by atoms with Gasteiger partial charge in [0.1, 0.15) is 5.82 Å². The van der Waals surface area contributed by atoms with Gasteiger partial charge in [-0.15, -0.1) is 24.8 Å². The van der Waals surface area contributed by atoms with E-state index < -0.39 is 0 Å². The lowest BCUT2D eigenvalue weighted by Crippen LogP contribution is -2.10. The van der Waals surface area contributed by atoms with Crippen molar-refractivity contribution in [3.63, 3.8) is 0 Å². The number of nitrogens with zero attached hydrogens (tertiary/aromatic N) is 2. The molecule has 0 unspecified atom stereocenters. The minimum absolute atomic E-state index is 0. The van der Waals surface area contributed by atoms with Crippen LogP contribution in [0.15, 0.2) is 42.7 Å². The summed E-state index contributed by atoms with van der Waals surface area (Å²) < 4.78 is 2.06. The lowest BCUT2D eigenvalue weighted by atomic mass is 10.2. The summed E-state index contributed by atoms with van der Waals surface area (Å²) >= 11 is 0. The molecule has 5 heteroatoms. The van der Waals surface area contributed by atoms with E-state index in [1.54, 1.807) is 6.20 Å². The summed E-state index contributed by atoms with van der Waals surface area (Å²) in [6.45, 7) is 1.44. The summed E-state index contributed by atoms with van der Waals surface area (Å²) in [5.74, 6) is 0.982. The van der Waals surface area contributed by atoms with Crippen LogP contribution in [0.2, 0.25) is 0 Å². The van der Waals surface area contributed by atoms with Gasteiger partial charge >= 0.3 is 0 Å². The largest absolute Gasteiger partial charge is 0.330 e. The summed E-state index contributed by atoms with van der Waals surface area (Å²) in [6, 6.07) is 10.1. The molecule has 0 saturated heterocycles. The molecule has 16 heavy (non-hydrogen) atoms. The van der Waals surface area contributed by atoms with Crippen LogP contribution >= 0.6 is 24.8 Å². The fourth-order valence-corrected chi connectivity index (χ4v) is 1.48. The second kappa shape index (κ2) is 7.28. The molecule has 0 spiro atoms. The summed E-state index contributed by atoms with van der Waals surface area (Å²) in [7, 11) is 0. The molecule has 1 aromatic carbocycles. The molecule has 2 rings (SSSR count). The van der Waals surface area contributed by atoms with Gasteiger partial charge in [0.2, 0.25) is 0 Å². The molecular formula is C11H15Cl2N3. The van der Waals surface area contributed by atoms with Crippen molar-refractivity contribution in [2.24, 2.45) is 5.73 Å². The molecule has 0 aliphatic rings. The van der Waals surface area contributed by atoms with Crippen LogP contribution in [0.4, 0.5) is 0 Å². The van der Waals surface area contributed by atoms with Crippen molar-refractivity contribution >= 4 is 24.8 Å². The maximum absolute atomic E-state index is 5.52. The molecule has 0 radical (unpaired) electrons. The van der Waals surface area contributed by atoms with Crippen LogP contribution in [0.25, 0.3) is 11.4 Å². The molecule has 0 atom stereocenters. The maximum atomic E-state index is 5.52. The second-order valence-electron chi connectivity index (χ2n) is 3.10. The molecule has 0 aliphatic heterocycles. The van der Waals surface area contributed by atoms with E-state index in [-0.39, 0.29) is 24.8 Å². The molecule has 0 aliphatic carbocycles. The Morgan fingerprint density at radius 2 is 1.81 bits per heavy atom. The summed E-state index contributed by atoms with van der Waals surface area (Å²) in [5.41, 5.74) is 6.65. The molecule has 0 bridgehead atoms. The monoisotopic (exact) mass is 259 g/mol. The van der Waals surface area contributed by atoms with Crippen LogP contribution in [-0.2, 0) is 6.54 Å². The minimum Gasteiger partial charge on any atom is -0.330 e. The van der Waals surface area contributed by atoms with Crippen LogP contribution in [0, 0.1) is 0 Å². The number of nitrogens with two attached hydrogens (primary N) is 1. The van der Waals surface area contributed by atoms with Gasteiger partial charge in [-0.05, 0) is 0 Å². The average molecular weight is 260 g/mol. The summed E-state index contributed by atoms with van der Waals surface area (Å²) in [5, 5.41) is 0. The van der Waals surface area contributed by atoms with Crippen molar-refractivity contribution in [1.82, 2.24) is 9.55 Å². The third-order valence-electron chi connectivity index (χ3n) is 2.12. The Morgan fingerprint density at radius 3 is 2.44 bits per heavy atom. The van der Waals surface area contributed by atoms with Crippen molar-refractivity contribution in [1.29, 1.82) is 0 Å². The smallest absolute Gasteiger partial charge is 0.139 e. The van der Waals surface area contributed by atoms with Gasteiger partial charge in [0.15, 0.2) is 0 Å². The molecule has 3 nitrogen and oxygen atoms in total. The standard InChI is InChI=1S/C11H13N3.2ClH/c12-6-8-14-9-7-13-11(14)10-4-2-1-3-5-10;;/h1-5,7,9H,6,8,12H2;2*1H. The molecule has 1 heterocycles. The van der Waals surface area contributed by atoms with Gasteiger partial charge in [-0.2, -0.15) is 0 Å². The zero-order chi connectivity index (χ0) is 9.80. The third kappa shape index (κ3) is 3.23. The highest BCUT2D eigenvalue weighted by atomic mass is 35.5. The molecule has 0 fully saturated rings. The molecule has 2 aromatic rings. The van der Waals surface area contributed by atoms with Gasteiger partial charge in [-0.3, -0.25) is 0 Å². The Kier molecular flexibility index (Phi) is 6.81. The highest BCUT2D eigenvalue weighted by molar-refractivity contribution is 5.85. The first-order chi connectivity index (χ1) is 6.92. The SMILES string of the molecule is Cl.Cl.NCCn1ccnc1-c1ccccc1. The van der Waals surface area contributed by atoms with Crippen LogP contribution in [0.1, 0.15) is 0 Å². The van der Waals surface area contributed by atoms with Crippen LogP contribution in [0.5, 0.6) is 0 Å². The van der Waals surface area contributed by atoms with E-state index in [1.165, 1.54) is 0 Å². The number of halogens is 2. The van der Waals surface area contributed by atoms with E-state index in [9.17, 15) is 0 Å². The first kappa shape index (κ1) is 15.0. The molecular weight excluding hydrogens is 245 g/mol. The maximum Gasteiger partial charge on any atom is 0.139 e.